The van der Waals surface area contributed by atoms with Crippen LogP contribution >= 0.6 is 0 Å². The second kappa shape index (κ2) is 56.5. The van der Waals surface area contributed by atoms with Crippen molar-refractivity contribution in [3.8, 4) is 0 Å². The first-order valence-electron chi connectivity index (χ1n) is 32.3. The number of carbonyl (C=O) groups excluding carboxylic acids is 2. The average molecular weight is 1130 g/mol. The van der Waals surface area contributed by atoms with Crippen LogP contribution in [-0.4, -0.2) is 99.6 Å². The molecule has 0 aromatic rings. The highest BCUT2D eigenvalue weighted by Gasteiger charge is 2.47. The van der Waals surface area contributed by atoms with E-state index in [-0.39, 0.29) is 19.4 Å². The zero-order valence-corrected chi connectivity index (χ0v) is 51.1. The van der Waals surface area contributed by atoms with E-state index in [9.17, 15) is 35.1 Å². The van der Waals surface area contributed by atoms with E-state index >= 15 is 0 Å². The Morgan fingerprint density at radius 2 is 0.889 bits per heavy atom. The van der Waals surface area contributed by atoms with E-state index in [1.807, 2.05) is 6.08 Å². The fraction of sp³-hybridized carbons (Fsp3) is 0.686. The van der Waals surface area contributed by atoms with Gasteiger partial charge in [0.1, 0.15) is 24.4 Å². The summed E-state index contributed by atoms with van der Waals surface area (Å²) in [5, 5.41) is 57.0. The van der Waals surface area contributed by atoms with Gasteiger partial charge in [0.25, 0.3) is 0 Å². The first-order chi connectivity index (χ1) is 39.7. The number of amides is 1. The second-order valence-electron chi connectivity index (χ2n) is 21.8. The molecule has 1 amide bonds. The molecule has 0 saturated carbocycles. The van der Waals surface area contributed by atoms with Gasteiger partial charge in [0.05, 0.1) is 25.4 Å². The molecule has 0 aromatic heterocycles. The molecule has 11 nitrogen and oxygen atoms in total. The Balaban J connectivity index is 2.68. The summed E-state index contributed by atoms with van der Waals surface area (Å²) in [4.78, 5) is 26.6. The third-order valence-electron chi connectivity index (χ3n) is 14.3. The summed E-state index contributed by atoms with van der Waals surface area (Å²) in [7, 11) is 0. The van der Waals surface area contributed by atoms with Gasteiger partial charge in [0.15, 0.2) is 12.4 Å². The summed E-state index contributed by atoms with van der Waals surface area (Å²) in [6.45, 7) is 5.61. The third-order valence-corrected chi connectivity index (χ3v) is 14.3. The number of carbonyl (C=O) groups is 2. The lowest BCUT2D eigenvalue weighted by molar-refractivity contribution is -0.305. The zero-order chi connectivity index (χ0) is 58.9. The molecule has 462 valence electrons. The maximum absolute atomic E-state index is 13.4. The lowest BCUT2D eigenvalue weighted by Crippen LogP contribution is -2.61. The van der Waals surface area contributed by atoms with E-state index in [2.05, 4.69) is 135 Å². The number of ether oxygens (including phenoxy) is 3. The van der Waals surface area contributed by atoms with E-state index in [1.54, 1.807) is 6.08 Å². The number of rotatable bonds is 53. The highest BCUT2D eigenvalue weighted by molar-refractivity contribution is 5.80. The summed E-state index contributed by atoms with van der Waals surface area (Å²) in [5.41, 5.74) is 0. The highest BCUT2D eigenvalue weighted by atomic mass is 16.7. The van der Waals surface area contributed by atoms with Crippen LogP contribution in [0.5, 0.6) is 0 Å². The normalized spacial score (nSPS) is 19.5. The fourth-order valence-corrected chi connectivity index (χ4v) is 9.25. The van der Waals surface area contributed by atoms with Gasteiger partial charge in [-0.25, -0.2) is 0 Å². The van der Waals surface area contributed by atoms with E-state index in [0.717, 1.165) is 135 Å². The monoisotopic (exact) mass is 1130 g/mol. The van der Waals surface area contributed by atoms with Crippen molar-refractivity contribution in [1.29, 1.82) is 0 Å². The summed E-state index contributed by atoms with van der Waals surface area (Å²) < 4.78 is 17.6. The van der Waals surface area contributed by atoms with E-state index < -0.39 is 67.4 Å². The van der Waals surface area contributed by atoms with Gasteiger partial charge in [-0.05, 0) is 116 Å². The van der Waals surface area contributed by atoms with Crippen molar-refractivity contribution in [1.82, 2.24) is 5.32 Å². The molecular weight excluding hydrogens is 1010 g/mol. The minimum absolute atomic E-state index is 0.0932. The van der Waals surface area contributed by atoms with Crippen LogP contribution in [0, 0.1) is 0 Å². The van der Waals surface area contributed by atoms with Crippen LogP contribution in [-0.2, 0) is 23.8 Å². The molecule has 1 fully saturated rings. The topological polar surface area (TPSA) is 175 Å². The van der Waals surface area contributed by atoms with Crippen LogP contribution in [0.15, 0.2) is 122 Å². The Labute approximate surface area is 493 Å². The molecule has 0 aromatic carbocycles. The van der Waals surface area contributed by atoms with Crippen molar-refractivity contribution in [3.05, 3.63) is 122 Å². The molecule has 0 bridgehead atoms. The molecule has 0 spiro atoms. The van der Waals surface area contributed by atoms with Crippen molar-refractivity contribution in [3.63, 3.8) is 0 Å². The summed E-state index contributed by atoms with van der Waals surface area (Å²) in [6, 6.07) is -1.05. The predicted molar refractivity (Wildman–Crippen MR) is 338 cm³/mol. The lowest BCUT2D eigenvalue weighted by atomic mass is 9.99. The second-order valence-corrected chi connectivity index (χ2v) is 21.8. The molecule has 1 heterocycles. The highest BCUT2D eigenvalue weighted by Crippen LogP contribution is 2.26. The van der Waals surface area contributed by atoms with E-state index in [1.165, 1.54) is 64.2 Å². The summed E-state index contributed by atoms with van der Waals surface area (Å²) >= 11 is 0. The molecule has 8 atom stereocenters. The van der Waals surface area contributed by atoms with Crippen LogP contribution in [0.1, 0.15) is 245 Å². The number of esters is 1. The van der Waals surface area contributed by atoms with Crippen LogP contribution in [0.2, 0.25) is 0 Å². The minimum Gasteiger partial charge on any atom is -0.454 e. The number of aliphatic hydroxyl groups excluding tert-OH is 5. The van der Waals surface area contributed by atoms with Crippen LogP contribution < -0.4 is 5.32 Å². The Kier molecular flexibility index (Phi) is 52.4. The quantitative estimate of drug-likeness (QED) is 0.0195. The Hall–Kier alpha value is -3.94. The van der Waals surface area contributed by atoms with Gasteiger partial charge < -0.3 is 45.1 Å². The average Bonchev–Trinajstić information content (AvgIpc) is 3.51. The number of hydrogen-bond donors (Lipinski definition) is 6. The number of hydrogen-bond acceptors (Lipinski definition) is 10. The van der Waals surface area contributed by atoms with E-state index in [0.29, 0.717) is 12.8 Å². The molecule has 1 saturated heterocycles. The molecule has 6 N–H and O–H groups in total. The van der Waals surface area contributed by atoms with Gasteiger partial charge in [-0.2, -0.15) is 0 Å². The fourth-order valence-electron chi connectivity index (χ4n) is 9.25. The number of unbranched alkanes of at least 4 members (excludes halogenated alkanes) is 21. The third kappa shape index (κ3) is 44.3. The first kappa shape index (κ1) is 75.1. The van der Waals surface area contributed by atoms with Gasteiger partial charge in [0, 0.05) is 6.42 Å². The van der Waals surface area contributed by atoms with Crippen LogP contribution in [0.4, 0.5) is 0 Å². The smallest absolute Gasteiger partial charge is 0.306 e. The standard InChI is InChI=1S/C70H117NO10/c1-4-7-10-13-16-19-22-24-26-28-30-32-34-36-38-40-43-46-49-52-55-58-65(75)81-68-67(77)66(76)64(59-72)80-70(68)79-60-61(62(73)56-53-50-47-44-41-21-18-15-12-9-6-3)71-69(78)63(74)57-54-51-48-45-42-39-37-35-33-31-29-27-25-23-20-17-14-11-8-5-2/h8,11,16-17,19-20,24-27,30-33,36-39,53,56,61-64,66-68,70,72-74,76-77H,4-7,9-10,12-15,18,21-23,28-29,34-35,40-52,54-55,57-60H2,1-3H3,(H,71,78)/b11-8-,19-16-,20-17-,26-24-,27-25-,32-30-,33-31-,38-36-,39-37-,56-53+. The van der Waals surface area contributed by atoms with Crippen LogP contribution in [0.3, 0.4) is 0 Å². The Morgan fingerprint density at radius 1 is 0.494 bits per heavy atom. The molecule has 8 unspecified atom stereocenters. The molecule has 0 radical (unpaired) electrons. The summed E-state index contributed by atoms with van der Waals surface area (Å²) in [5.74, 6) is -1.24. The Morgan fingerprint density at radius 3 is 1.36 bits per heavy atom. The van der Waals surface area contributed by atoms with Gasteiger partial charge in [0.2, 0.25) is 5.91 Å². The maximum atomic E-state index is 13.4. The number of aliphatic hydroxyl groups is 5. The molecular formula is C70H117NO10. The van der Waals surface area contributed by atoms with Crippen molar-refractivity contribution < 1.29 is 49.3 Å². The predicted octanol–water partition coefficient (Wildman–Crippen LogP) is 15.8. The molecule has 1 rings (SSSR count). The van der Waals surface area contributed by atoms with Gasteiger partial charge in [-0.15, -0.1) is 0 Å². The summed E-state index contributed by atoms with van der Waals surface area (Å²) in [6.07, 6.45) is 68.0. The van der Waals surface area contributed by atoms with Crippen molar-refractivity contribution in [2.45, 2.75) is 294 Å². The number of allylic oxidation sites excluding steroid dienone is 19. The molecule has 1 aliphatic heterocycles. The maximum Gasteiger partial charge on any atom is 0.306 e. The minimum atomic E-state index is -1.63. The SMILES string of the molecule is CC/C=C\C/C=C\C/C=C\C/C=C\C/C=C\CCCCCCC(O)C(=O)NC(COC1OC(CO)C(O)C(O)C1OC(=O)CCCCCCC/C=C\C/C=C\C/C=C\C/C=C\CCCCC)C(O)/C=C/CCCCCCCCCCC. The van der Waals surface area contributed by atoms with Gasteiger partial charge in [-0.1, -0.05) is 245 Å². The molecule has 1 aliphatic rings. The first-order valence-corrected chi connectivity index (χ1v) is 32.3. The molecule has 81 heavy (non-hydrogen) atoms. The Bertz CT molecular complexity index is 1780. The van der Waals surface area contributed by atoms with Crippen molar-refractivity contribution in [2.75, 3.05) is 13.2 Å². The van der Waals surface area contributed by atoms with Crippen molar-refractivity contribution in [2.24, 2.45) is 0 Å². The molecule has 11 heteroatoms. The zero-order valence-electron chi connectivity index (χ0n) is 51.1. The van der Waals surface area contributed by atoms with Crippen molar-refractivity contribution >= 4 is 11.9 Å². The van der Waals surface area contributed by atoms with E-state index in [4.69, 9.17) is 14.2 Å². The lowest BCUT2D eigenvalue weighted by Gasteiger charge is -2.41. The van der Waals surface area contributed by atoms with Crippen LogP contribution in [0.25, 0.3) is 0 Å². The van der Waals surface area contributed by atoms with Gasteiger partial charge >= 0.3 is 5.97 Å². The molecule has 0 aliphatic carbocycles. The number of nitrogens with one attached hydrogen (secondary N) is 1. The largest absolute Gasteiger partial charge is 0.454 e. The van der Waals surface area contributed by atoms with Gasteiger partial charge in [-0.3, -0.25) is 9.59 Å².